The molecular formula is C42H32N4O3S2. The highest BCUT2D eigenvalue weighted by molar-refractivity contribution is 8.00. The zero-order valence-corrected chi connectivity index (χ0v) is 29.1. The van der Waals surface area contributed by atoms with Crippen LogP contribution in [0.2, 0.25) is 0 Å². The Morgan fingerprint density at radius 2 is 1.47 bits per heavy atom. The number of nitrogens with one attached hydrogen (secondary N) is 3. The van der Waals surface area contributed by atoms with Crippen molar-refractivity contribution in [2.45, 2.75) is 17.1 Å². The Balaban J connectivity index is 1.24. The molecule has 250 valence electrons. The van der Waals surface area contributed by atoms with Crippen molar-refractivity contribution in [3.05, 3.63) is 178 Å². The number of amides is 3. The summed E-state index contributed by atoms with van der Waals surface area (Å²) in [5.74, 6) is -1.20. The predicted molar refractivity (Wildman–Crippen MR) is 206 cm³/mol. The van der Waals surface area contributed by atoms with Gasteiger partial charge in [-0.05, 0) is 60.0 Å². The first-order valence-corrected chi connectivity index (χ1v) is 17.8. The minimum atomic E-state index is -0.673. The van der Waals surface area contributed by atoms with Gasteiger partial charge in [0.2, 0.25) is 5.91 Å². The molecule has 5 aromatic carbocycles. The fourth-order valence-corrected chi connectivity index (χ4v) is 7.33. The lowest BCUT2D eigenvalue weighted by Gasteiger charge is -2.17. The number of rotatable bonds is 11. The highest BCUT2D eigenvalue weighted by atomic mass is 32.2. The maximum atomic E-state index is 13.9. The van der Waals surface area contributed by atoms with E-state index in [4.69, 9.17) is 0 Å². The minimum Gasteiger partial charge on any atom is -0.321 e. The molecule has 6 aromatic rings. The second-order valence-electron chi connectivity index (χ2n) is 11.5. The number of benzene rings is 5. The van der Waals surface area contributed by atoms with Gasteiger partial charge in [0.15, 0.2) is 0 Å². The van der Waals surface area contributed by atoms with Crippen molar-refractivity contribution >= 4 is 57.6 Å². The molecule has 1 heterocycles. The van der Waals surface area contributed by atoms with E-state index in [2.05, 4.69) is 22.0 Å². The second-order valence-corrected chi connectivity index (χ2v) is 13.6. The van der Waals surface area contributed by atoms with Gasteiger partial charge in [-0.1, -0.05) is 115 Å². The first-order valence-electron chi connectivity index (χ1n) is 16.0. The van der Waals surface area contributed by atoms with Crippen LogP contribution in [0.15, 0.2) is 155 Å². The molecule has 1 atom stereocenters. The van der Waals surface area contributed by atoms with E-state index in [9.17, 15) is 19.6 Å². The van der Waals surface area contributed by atoms with Gasteiger partial charge in [-0.2, -0.15) is 5.26 Å². The number of carbonyl (C=O) groups excluding carboxylic acids is 3. The fraction of sp³-hybridized carbons (Fsp3) is 0.0476. The van der Waals surface area contributed by atoms with Crippen LogP contribution in [-0.4, -0.2) is 17.7 Å². The lowest BCUT2D eigenvalue weighted by atomic mass is 10.1. The van der Waals surface area contributed by atoms with Crippen molar-refractivity contribution in [2.75, 3.05) is 10.6 Å². The molecule has 0 radical (unpaired) electrons. The number of carbonyl (C=O) groups is 3. The standard InChI is InChI=1S/C42H32N4O3S2/c1-28-13-11-14-29(23-28)24-37(45-39(47)32-19-9-4-10-20-32)40(48)44-33-21-12-22-34(25-33)51-38(31-17-7-3-8-18-31)41(49)46-42-35(26-43)36(27-50-42)30-15-5-2-6-16-30/h2-25,27,38H,1H3,(H,44,48)(H,45,47)(H,46,49)/b37-24+. The van der Waals surface area contributed by atoms with Crippen LogP contribution in [0.1, 0.15) is 37.9 Å². The molecule has 0 spiro atoms. The number of nitriles is 1. The Kier molecular flexibility index (Phi) is 11.2. The van der Waals surface area contributed by atoms with Gasteiger partial charge in [0.05, 0.1) is 5.56 Å². The molecule has 7 nitrogen and oxygen atoms in total. The number of nitrogens with zero attached hydrogens (tertiary/aromatic N) is 1. The van der Waals surface area contributed by atoms with E-state index in [-0.39, 0.29) is 11.6 Å². The molecule has 1 unspecified atom stereocenters. The third kappa shape index (κ3) is 8.88. The summed E-state index contributed by atoms with van der Waals surface area (Å²) in [4.78, 5) is 41.5. The summed E-state index contributed by atoms with van der Waals surface area (Å²) < 4.78 is 0. The van der Waals surface area contributed by atoms with Crippen molar-refractivity contribution < 1.29 is 14.4 Å². The van der Waals surface area contributed by atoms with E-state index in [1.165, 1.54) is 23.1 Å². The third-order valence-electron chi connectivity index (χ3n) is 7.79. The zero-order chi connectivity index (χ0) is 35.6. The van der Waals surface area contributed by atoms with Gasteiger partial charge >= 0.3 is 0 Å². The van der Waals surface area contributed by atoms with E-state index in [1.54, 1.807) is 48.5 Å². The summed E-state index contributed by atoms with van der Waals surface area (Å²) in [7, 11) is 0. The molecule has 9 heteroatoms. The van der Waals surface area contributed by atoms with Crippen LogP contribution in [0.4, 0.5) is 10.7 Å². The average molecular weight is 705 g/mol. The number of thiophene rings is 1. The molecule has 0 bridgehead atoms. The molecular weight excluding hydrogens is 673 g/mol. The Labute approximate surface area is 304 Å². The summed E-state index contributed by atoms with van der Waals surface area (Å²) in [6, 6.07) is 44.8. The van der Waals surface area contributed by atoms with Gasteiger partial charge in [-0.3, -0.25) is 14.4 Å². The lowest BCUT2D eigenvalue weighted by Crippen LogP contribution is -2.30. The molecule has 1 aromatic heterocycles. The molecule has 0 aliphatic rings. The Morgan fingerprint density at radius 1 is 0.784 bits per heavy atom. The molecule has 3 N–H and O–H groups in total. The molecule has 0 aliphatic heterocycles. The molecule has 0 saturated carbocycles. The van der Waals surface area contributed by atoms with E-state index in [0.29, 0.717) is 21.8 Å². The van der Waals surface area contributed by atoms with Gasteiger partial charge in [0, 0.05) is 27.1 Å². The third-order valence-corrected chi connectivity index (χ3v) is 9.94. The van der Waals surface area contributed by atoms with Crippen molar-refractivity contribution in [3.63, 3.8) is 0 Å². The first-order chi connectivity index (χ1) is 24.9. The maximum Gasteiger partial charge on any atom is 0.272 e. The van der Waals surface area contributed by atoms with Crippen LogP contribution in [0.25, 0.3) is 17.2 Å². The van der Waals surface area contributed by atoms with Crippen LogP contribution < -0.4 is 16.0 Å². The van der Waals surface area contributed by atoms with E-state index >= 15 is 0 Å². The molecule has 3 amide bonds. The number of aryl methyl sites for hydroxylation is 1. The second kappa shape index (κ2) is 16.5. The topological polar surface area (TPSA) is 111 Å². The normalized spacial score (nSPS) is 11.6. The van der Waals surface area contributed by atoms with Crippen LogP contribution in [0.5, 0.6) is 0 Å². The lowest BCUT2D eigenvalue weighted by molar-refractivity contribution is -0.116. The molecule has 0 fully saturated rings. The van der Waals surface area contributed by atoms with Gasteiger partial charge in [-0.25, -0.2) is 0 Å². The summed E-state index contributed by atoms with van der Waals surface area (Å²) in [5, 5.41) is 20.4. The highest BCUT2D eigenvalue weighted by Gasteiger charge is 2.25. The van der Waals surface area contributed by atoms with Crippen molar-refractivity contribution in [1.29, 1.82) is 5.26 Å². The molecule has 6 rings (SSSR count). The summed E-state index contributed by atoms with van der Waals surface area (Å²) in [5.41, 5.74) is 5.61. The molecule has 0 aliphatic carbocycles. The number of hydrogen-bond donors (Lipinski definition) is 3. The predicted octanol–water partition coefficient (Wildman–Crippen LogP) is 9.48. The monoisotopic (exact) mass is 704 g/mol. The first kappa shape index (κ1) is 34.6. The summed E-state index contributed by atoms with van der Waals surface area (Å²) in [6.07, 6.45) is 1.64. The average Bonchev–Trinajstić information content (AvgIpc) is 3.57. The zero-order valence-electron chi connectivity index (χ0n) is 27.5. The van der Waals surface area contributed by atoms with Gasteiger partial charge < -0.3 is 16.0 Å². The molecule has 51 heavy (non-hydrogen) atoms. The van der Waals surface area contributed by atoms with Gasteiger partial charge in [0.25, 0.3) is 11.8 Å². The fourth-order valence-electron chi connectivity index (χ4n) is 5.32. The SMILES string of the molecule is Cc1cccc(/C=C(/NC(=O)c2ccccc2)C(=O)Nc2cccc(SC(C(=O)Nc3scc(-c4ccccc4)c3C#N)c3ccccc3)c2)c1. The maximum absolute atomic E-state index is 13.9. The quantitative estimate of drug-likeness (QED) is 0.0919. The minimum absolute atomic E-state index is 0.0770. The van der Waals surface area contributed by atoms with Gasteiger partial charge in [0.1, 0.15) is 22.0 Å². The number of hydrogen-bond acceptors (Lipinski definition) is 6. The Bertz CT molecular complexity index is 2250. The smallest absolute Gasteiger partial charge is 0.272 e. The summed E-state index contributed by atoms with van der Waals surface area (Å²) >= 11 is 2.63. The van der Waals surface area contributed by atoms with Crippen LogP contribution in [0.3, 0.4) is 0 Å². The largest absolute Gasteiger partial charge is 0.321 e. The van der Waals surface area contributed by atoms with Crippen molar-refractivity contribution in [1.82, 2.24) is 5.32 Å². The van der Waals surface area contributed by atoms with Crippen molar-refractivity contribution in [3.8, 4) is 17.2 Å². The Morgan fingerprint density at radius 3 is 2.18 bits per heavy atom. The number of thioether (sulfide) groups is 1. The van der Waals surface area contributed by atoms with Crippen LogP contribution in [-0.2, 0) is 9.59 Å². The highest BCUT2D eigenvalue weighted by Crippen LogP contribution is 2.40. The van der Waals surface area contributed by atoms with Crippen LogP contribution in [0, 0.1) is 18.3 Å². The summed E-state index contributed by atoms with van der Waals surface area (Å²) in [6.45, 7) is 1.95. The van der Waals surface area contributed by atoms with E-state index in [1.807, 2.05) is 109 Å². The van der Waals surface area contributed by atoms with E-state index < -0.39 is 17.1 Å². The van der Waals surface area contributed by atoms with E-state index in [0.717, 1.165) is 32.7 Å². The number of anilines is 2. The van der Waals surface area contributed by atoms with Crippen molar-refractivity contribution in [2.24, 2.45) is 0 Å². The Hall–Kier alpha value is -6.21. The van der Waals surface area contributed by atoms with Gasteiger partial charge in [-0.15, -0.1) is 23.1 Å². The van der Waals surface area contributed by atoms with Crippen LogP contribution >= 0.6 is 23.1 Å². The molecule has 0 saturated heterocycles.